The molecule has 7 N–H and O–H groups in total. The van der Waals surface area contributed by atoms with Crippen LogP contribution in [0.25, 0.3) is 0 Å². The molecule has 0 radical (unpaired) electrons. The van der Waals surface area contributed by atoms with Crippen LogP contribution in [0.4, 0.5) is 0 Å². The first-order valence-corrected chi connectivity index (χ1v) is 2.68. The fraction of sp³-hybridized carbons (Fsp3) is 1.00. The lowest BCUT2D eigenvalue weighted by Gasteiger charge is -1.76. The summed E-state index contributed by atoms with van der Waals surface area (Å²) < 4.78 is 4.83. The highest BCUT2D eigenvalue weighted by molar-refractivity contribution is 4.43. The summed E-state index contributed by atoms with van der Waals surface area (Å²) in [5, 5.41) is 30.5. The molecule has 8 heteroatoms. The number of rotatable bonds is 0. The second-order valence-electron chi connectivity index (χ2n) is 1.25. The Hall–Kier alpha value is -0.320. The van der Waals surface area contributed by atoms with Gasteiger partial charge >= 0.3 is 0 Å². The van der Waals surface area contributed by atoms with Crippen molar-refractivity contribution in [3.63, 3.8) is 0 Å². The van der Waals surface area contributed by atoms with Gasteiger partial charge in [0.1, 0.15) is 0 Å². The molecule has 1 rings (SSSR count). The van der Waals surface area contributed by atoms with Crippen LogP contribution in [0.3, 0.4) is 0 Å². The van der Waals surface area contributed by atoms with E-state index in [9.17, 15) is 0 Å². The summed E-state index contributed by atoms with van der Waals surface area (Å²) in [6.45, 7) is 2.67. The van der Waals surface area contributed by atoms with E-state index in [-0.39, 0.29) is 0 Å². The Kier molecular flexibility index (Phi) is 19.7. The van der Waals surface area contributed by atoms with Gasteiger partial charge in [-0.1, -0.05) is 11.3 Å². The van der Waals surface area contributed by atoms with E-state index in [1.54, 1.807) is 0 Å². The zero-order chi connectivity index (χ0) is 8.95. The van der Waals surface area contributed by atoms with Crippen molar-refractivity contribution in [2.24, 2.45) is 0 Å². The van der Waals surface area contributed by atoms with Crippen molar-refractivity contribution >= 4 is 0 Å². The van der Waals surface area contributed by atoms with Gasteiger partial charge in [-0.15, -0.1) is 0 Å². The predicted molar refractivity (Wildman–Crippen MR) is 32.2 cm³/mol. The Labute approximate surface area is 63.2 Å². The van der Waals surface area contributed by atoms with Crippen LogP contribution in [0.2, 0.25) is 0 Å². The van der Waals surface area contributed by atoms with Crippen LogP contribution in [0.1, 0.15) is 0 Å². The minimum Gasteiger partial charge on any atom is -0.365 e. The monoisotopic (exact) mass is 171 g/mol. The van der Waals surface area contributed by atoms with Gasteiger partial charge in [0.2, 0.25) is 0 Å². The molecule has 0 unspecified atom stereocenters. The maximum absolute atomic E-state index is 6.88. The Balaban J connectivity index is 0. The molecule has 0 aromatic heterocycles. The molecule has 0 aliphatic carbocycles. The second kappa shape index (κ2) is 16.3. The van der Waals surface area contributed by atoms with Crippen LogP contribution >= 0.6 is 0 Å². The maximum Gasteiger partial charge on any atom is 0.0966 e. The Bertz CT molecular complexity index is 42.6. The molecule has 0 bridgehead atoms. The number of ether oxygens (including phenoxy) is 1. The summed E-state index contributed by atoms with van der Waals surface area (Å²) in [5.74, 6) is 0. The molecular weight excluding hydrogens is 158 g/mol. The Morgan fingerprint density at radius 1 is 1.09 bits per heavy atom. The van der Waals surface area contributed by atoms with Crippen molar-refractivity contribution in [2.45, 2.75) is 0 Å². The van der Waals surface area contributed by atoms with Gasteiger partial charge in [-0.25, -0.2) is 0 Å². The Morgan fingerprint density at radius 3 is 1.64 bits per heavy atom. The average Bonchev–Trinajstić information content (AvgIpc) is 2.44. The summed E-state index contributed by atoms with van der Waals surface area (Å²) in [4.78, 5) is 0. The van der Waals surface area contributed by atoms with Crippen molar-refractivity contribution in [1.29, 1.82) is 0 Å². The molecule has 1 aliphatic heterocycles. The normalized spacial score (nSPS) is 14.2. The third-order valence-corrected chi connectivity index (χ3v) is 0.627. The first kappa shape index (κ1) is 13.3. The second-order valence-corrected chi connectivity index (χ2v) is 1.25. The van der Waals surface area contributed by atoms with Crippen molar-refractivity contribution < 1.29 is 25.6 Å². The fourth-order valence-corrected chi connectivity index (χ4v) is 0.361. The topological polar surface area (TPSA) is 126 Å². The molecule has 70 valence electrons. The molecule has 0 spiro atoms. The zero-order valence-electron chi connectivity index (χ0n) is 5.82. The van der Waals surface area contributed by atoms with Crippen LogP contribution in [0.15, 0.2) is 0 Å². The van der Waals surface area contributed by atoms with Gasteiger partial charge in [-0.05, 0) is 0 Å². The minimum absolute atomic E-state index is 0.750. The number of nitrogens with one attached hydrogen (secondary N) is 3. The highest BCUT2D eigenvalue weighted by Crippen LogP contribution is 1.75. The molecule has 0 amide bonds. The SMILES string of the molecule is C1COCN1.ONO.ONO. The van der Waals surface area contributed by atoms with Crippen molar-refractivity contribution in [3.8, 4) is 0 Å². The third kappa shape index (κ3) is 26.1. The maximum atomic E-state index is 6.88. The van der Waals surface area contributed by atoms with Gasteiger partial charge in [0.05, 0.1) is 13.3 Å². The predicted octanol–water partition coefficient (Wildman–Crippen LogP) is -1.73. The summed E-state index contributed by atoms with van der Waals surface area (Å²) in [6.07, 6.45) is 0. The van der Waals surface area contributed by atoms with Gasteiger partial charge in [-0.2, -0.15) is 0 Å². The standard InChI is InChI=1S/C3H7NO.2H3NO2/c1-2-5-3-4-1;2*2-1-3/h4H,1-3H2;2*1-3H. The molecule has 0 atom stereocenters. The molecule has 0 aromatic carbocycles. The first-order chi connectivity index (χ1) is 5.33. The van der Waals surface area contributed by atoms with E-state index in [1.807, 2.05) is 0 Å². The lowest BCUT2D eigenvalue weighted by Crippen LogP contribution is -2.05. The van der Waals surface area contributed by atoms with E-state index in [4.69, 9.17) is 25.6 Å². The summed E-state index contributed by atoms with van der Waals surface area (Å²) >= 11 is 0. The van der Waals surface area contributed by atoms with Crippen molar-refractivity contribution in [2.75, 3.05) is 19.9 Å². The highest BCUT2D eigenvalue weighted by atomic mass is 16.7. The van der Waals surface area contributed by atoms with Crippen molar-refractivity contribution in [1.82, 2.24) is 16.6 Å². The largest absolute Gasteiger partial charge is 0.365 e. The van der Waals surface area contributed by atoms with Crippen LogP contribution in [-0.2, 0) is 4.74 Å². The quantitative estimate of drug-likeness (QED) is 0.214. The molecule has 11 heavy (non-hydrogen) atoms. The smallest absolute Gasteiger partial charge is 0.0966 e. The summed E-state index contributed by atoms with van der Waals surface area (Å²) in [5.41, 5.74) is 1.50. The minimum atomic E-state index is 0.750. The lowest BCUT2D eigenvalue weighted by atomic mass is 10.7. The zero-order valence-corrected chi connectivity index (χ0v) is 5.82. The fourth-order valence-electron chi connectivity index (χ4n) is 0.361. The molecule has 1 aliphatic rings. The van der Waals surface area contributed by atoms with E-state index < -0.39 is 0 Å². The third-order valence-electron chi connectivity index (χ3n) is 0.627. The number of hydrogen-bond donors (Lipinski definition) is 7. The van der Waals surface area contributed by atoms with Crippen molar-refractivity contribution in [3.05, 3.63) is 0 Å². The van der Waals surface area contributed by atoms with Crippen LogP contribution in [-0.4, -0.2) is 40.7 Å². The average molecular weight is 171 g/mol. The van der Waals surface area contributed by atoms with Gasteiger partial charge < -0.3 is 4.74 Å². The van der Waals surface area contributed by atoms with Crippen LogP contribution < -0.4 is 16.6 Å². The molecule has 1 fully saturated rings. The molecule has 8 nitrogen and oxygen atoms in total. The lowest BCUT2D eigenvalue weighted by molar-refractivity contribution is -0.0682. The van der Waals surface area contributed by atoms with E-state index in [0.29, 0.717) is 0 Å². The molecule has 0 saturated carbocycles. The van der Waals surface area contributed by atoms with Gasteiger partial charge in [0.25, 0.3) is 0 Å². The van der Waals surface area contributed by atoms with E-state index >= 15 is 0 Å². The highest BCUT2D eigenvalue weighted by Gasteiger charge is 1.92. The van der Waals surface area contributed by atoms with Crippen LogP contribution in [0, 0.1) is 0 Å². The van der Waals surface area contributed by atoms with Gasteiger partial charge in [0.15, 0.2) is 0 Å². The van der Waals surface area contributed by atoms with E-state index in [1.165, 1.54) is 0 Å². The van der Waals surface area contributed by atoms with E-state index in [2.05, 4.69) is 5.32 Å². The Morgan fingerprint density at radius 2 is 1.55 bits per heavy atom. The first-order valence-electron chi connectivity index (χ1n) is 2.68. The summed E-state index contributed by atoms with van der Waals surface area (Å²) in [7, 11) is 0. The van der Waals surface area contributed by atoms with Gasteiger partial charge in [-0.3, -0.25) is 26.1 Å². The van der Waals surface area contributed by atoms with Crippen LogP contribution in [0.5, 0.6) is 0 Å². The molecular formula is C3H13N3O5. The van der Waals surface area contributed by atoms with E-state index in [0.717, 1.165) is 31.2 Å². The number of hydrogen-bond acceptors (Lipinski definition) is 8. The molecule has 1 saturated heterocycles. The van der Waals surface area contributed by atoms with Gasteiger partial charge in [0, 0.05) is 6.54 Å². The molecule has 1 heterocycles. The summed E-state index contributed by atoms with van der Waals surface area (Å²) in [6, 6.07) is 0. The molecule has 0 aromatic rings.